The SMILES string of the molecule is c1ccc2c(c1)cc(Nc1ccc(-c3cccc4sc5ccccc5c34)cc1)c1ccccc12. The van der Waals surface area contributed by atoms with Crippen LogP contribution >= 0.6 is 11.3 Å². The van der Waals surface area contributed by atoms with Crippen LogP contribution < -0.4 is 5.32 Å². The molecule has 0 atom stereocenters. The molecule has 160 valence electrons. The number of fused-ring (bicyclic) bond motifs is 6. The average molecular weight is 452 g/mol. The van der Waals surface area contributed by atoms with E-state index in [1.807, 2.05) is 11.3 Å². The Morgan fingerprint density at radius 3 is 2.03 bits per heavy atom. The average Bonchev–Trinajstić information content (AvgIpc) is 3.28. The van der Waals surface area contributed by atoms with Crippen molar-refractivity contribution in [2.45, 2.75) is 0 Å². The van der Waals surface area contributed by atoms with Crippen molar-refractivity contribution < 1.29 is 0 Å². The molecule has 0 amide bonds. The molecule has 0 aliphatic rings. The molecule has 0 saturated heterocycles. The first-order valence-corrected chi connectivity index (χ1v) is 12.3. The third kappa shape index (κ3) is 3.07. The van der Waals surface area contributed by atoms with E-state index < -0.39 is 0 Å². The first kappa shape index (κ1) is 19.3. The maximum Gasteiger partial charge on any atom is 0.0470 e. The van der Waals surface area contributed by atoms with Gasteiger partial charge in [-0.25, -0.2) is 0 Å². The Bertz CT molecular complexity index is 1830. The number of rotatable bonds is 3. The molecule has 34 heavy (non-hydrogen) atoms. The molecule has 2 heteroatoms. The normalized spacial score (nSPS) is 11.5. The van der Waals surface area contributed by atoms with Gasteiger partial charge in [0.1, 0.15) is 0 Å². The molecule has 7 aromatic rings. The highest BCUT2D eigenvalue weighted by Gasteiger charge is 2.11. The number of hydrogen-bond acceptors (Lipinski definition) is 2. The predicted molar refractivity (Wildman–Crippen MR) is 150 cm³/mol. The van der Waals surface area contributed by atoms with Crippen LogP contribution in [-0.4, -0.2) is 0 Å². The van der Waals surface area contributed by atoms with Crippen LogP contribution in [-0.2, 0) is 0 Å². The number of hydrogen-bond donors (Lipinski definition) is 1. The molecule has 0 aliphatic carbocycles. The smallest absolute Gasteiger partial charge is 0.0470 e. The summed E-state index contributed by atoms with van der Waals surface area (Å²) < 4.78 is 2.68. The summed E-state index contributed by atoms with van der Waals surface area (Å²) >= 11 is 1.87. The van der Waals surface area contributed by atoms with E-state index in [4.69, 9.17) is 0 Å². The minimum Gasteiger partial charge on any atom is -0.355 e. The van der Waals surface area contributed by atoms with E-state index >= 15 is 0 Å². The molecule has 1 aromatic heterocycles. The van der Waals surface area contributed by atoms with Gasteiger partial charge < -0.3 is 5.32 Å². The molecule has 7 rings (SSSR count). The summed E-state index contributed by atoms with van der Waals surface area (Å²) in [7, 11) is 0. The van der Waals surface area contributed by atoms with Crippen molar-refractivity contribution >= 4 is 64.4 Å². The van der Waals surface area contributed by atoms with E-state index in [1.165, 1.54) is 52.8 Å². The molecule has 0 radical (unpaired) electrons. The minimum absolute atomic E-state index is 1.09. The van der Waals surface area contributed by atoms with Crippen molar-refractivity contribution in [3.8, 4) is 11.1 Å². The fraction of sp³-hybridized carbons (Fsp3) is 0. The van der Waals surface area contributed by atoms with Gasteiger partial charge in [-0.3, -0.25) is 0 Å². The Morgan fingerprint density at radius 2 is 1.18 bits per heavy atom. The lowest BCUT2D eigenvalue weighted by Crippen LogP contribution is -1.92. The van der Waals surface area contributed by atoms with Crippen molar-refractivity contribution in [1.82, 2.24) is 0 Å². The van der Waals surface area contributed by atoms with Gasteiger partial charge in [-0.05, 0) is 57.6 Å². The maximum atomic E-state index is 3.68. The quantitative estimate of drug-likeness (QED) is 0.264. The van der Waals surface area contributed by atoms with Gasteiger partial charge in [-0.15, -0.1) is 11.3 Å². The molecular formula is C32H21NS. The fourth-order valence-corrected chi connectivity index (χ4v) is 6.19. The van der Waals surface area contributed by atoms with Gasteiger partial charge in [-0.1, -0.05) is 91.0 Å². The van der Waals surface area contributed by atoms with Crippen LogP contribution in [0.2, 0.25) is 0 Å². The first-order chi connectivity index (χ1) is 16.8. The van der Waals surface area contributed by atoms with Crippen LogP contribution in [0.15, 0.2) is 121 Å². The van der Waals surface area contributed by atoms with Crippen molar-refractivity contribution in [2.75, 3.05) is 5.32 Å². The second-order valence-corrected chi connectivity index (χ2v) is 9.75. The fourth-order valence-electron chi connectivity index (χ4n) is 5.06. The molecule has 0 unspecified atom stereocenters. The topological polar surface area (TPSA) is 12.0 Å². The third-order valence-corrected chi connectivity index (χ3v) is 7.78. The van der Waals surface area contributed by atoms with Crippen molar-refractivity contribution in [2.24, 2.45) is 0 Å². The summed E-state index contributed by atoms with van der Waals surface area (Å²) in [5.74, 6) is 0. The molecule has 1 N–H and O–H groups in total. The van der Waals surface area contributed by atoms with Gasteiger partial charge >= 0.3 is 0 Å². The van der Waals surface area contributed by atoms with E-state index in [0.717, 1.165) is 11.4 Å². The summed E-state index contributed by atoms with van der Waals surface area (Å²) in [6.07, 6.45) is 0. The van der Waals surface area contributed by atoms with Gasteiger partial charge in [0.15, 0.2) is 0 Å². The maximum absolute atomic E-state index is 3.68. The van der Waals surface area contributed by atoms with Crippen LogP contribution in [0.25, 0.3) is 52.8 Å². The Kier molecular flexibility index (Phi) is 4.39. The lowest BCUT2D eigenvalue weighted by Gasteiger charge is -2.13. The van der Waals surface area contributed by atoms with Crippen molar-refractivity contribution in [1.29, 1.82) is 0 Å². The minimum atomic E-state index is 1.09. The van der Waals surface area contributed by atoms with Gasteiger partial charge in [0, 0.05) is 36.9 Å². The van der Waals surface area contributed by atoms with Crippen LogP contribution in [0.5, 0.6) is 0 Å². The Labute approximate surface area is 201 Å². The zero-order valence-electron chi connectivity index (χ0n) is 18.5. The molecule has 6 aromatic carbocycles. The summed E-state index contributed by atoms with van der Waals surface area (Å²) in [5.41, 5.74) is 4.75. The molecule has 0 fully saturated rings. The zero-order valence-corrected chi connectivity index (χ0v) is 19.3. The number of anilines is 2. The van der Waals surface area contributed by atoms with E-state index in [1.54, 1.807) is 0 Å². The Balaban J connectivity index is 1.31. The highest BCUT2D eigenvalue weighted by molar-refractivity contribution is 7.25. The second-order valence-electron chi connectivity index (χ2n) is 8.67. The summed E-state index contributed by atoms with van der Waals surface area (Å²) in [6.45, 7) is 0. The highest BCUT2D eigenvalue weighted by atomic mass is 32.1. The second kappa shape index (κ2) is 7.72. The van der Waals surface area contributed by atoms with E-state index in [9.17, 15) is 0 Å². The number of nitrogens with one attached hydrogen (secondary N) is 1. The molecule has 0 aliphatic heterocycles. The summed E-state index contributed by atoms with van der Waals surface area (Å²) in [6, 6.07) is 43.6. The van der Waals surface area contributed by atoms with Gasteiger partial charge in [-0.2, -0.15) is 0 Å². The van der Waals surface area contributed by atoms with E-state index in [0.29, 0.717) is 0 Å². The van der Waals surface area contributed by atoms with Gasteiger partial charge in [0.2, 0.25) is 0 Å². The lowest BCUT2D eigenvalue weighted by atomic mass is 9.99. The molecule has 0 bridgehead atoms. The first-order valence-electron chi connectivity index (χ1n) is 11.5. The molecule has 0 saturated carbocycles. The standard InChI is InChI=1S/C32H21NS/c1-2-9-24-22(8-1)20-29(27-11-4-3-10-26(24)27)33-23-18-16-21(17-19-23)25-13-7-15-31-32(25)28-12-5-6-14-30(28)34-31/h1-20,33H. The number of thiophene rings is 1. The zero-order chi connectivity index (χ0) is 22.5. The summed E-state index contributed by atoms with van der Waals surface area (Å²) in [5, 5.41) is 11.4. The van der Waals surface area contributed by atoms with Crippen LogP contribution in [0.1, 0.15) is 0 Å². The van der Waals surface area contributed by atoms with Crippen molar-refractivity contribution in [3.63, 3.8) is 0 Å². The molecule has 1 nitrogen and oxygen atoms in total. The lowest BCUT2D eigenvalue weighted by molar-refractivity contribution is 1.58. The number of benzene rings is 6. The van der Waals surface area contributed by atoms with Crippen LogP contribution in [0.3, 0.4) is 0 Å². The van der Waals surface area contributed by atoms with E-state index in [-0.39, 0.29) is 0 Å². The Hall–Kier alpha value is -4.14. The van der Waals surface area contributed by atoms with Crippen molar-refractivity contribution in [3.05, 3.63) is 121 Å². The summed E-state index contributed by atoms with van der Waals surface area (Å²) in [4.78, 5) is 0. The predicted octanol–water partition coefficient (Wildman–Crippen LogP) is 9.77. The molecule has 0 spiro atoms. The van der Waals surface area contributed by atoms with Crippen LogP contribution in [0, 0.1) is 0 Å². The molecular weight excluding hydrogens is 430 g/mol. The van der Waals surface area contributed by atoms with Gasteiger partial charge in [0.05, 0.1) is 0 Å². The third-order valence-electron chi connectivity index (χ3n) is 6.65. The highest BCUT2D eigenvalue weighted by Crippen LogP contribution is 2.40. The monoisotopic (exact) mass is 451 g/mol. The van der Waals surface area contributed by atoms with Gasteiger partial charge in [0.25, 0.3) is 0 Å². The largest absolute Gasteiger partial charge is 0.355 e. The van der Waals surface area contributed by atoms with E-state index in [2.05, 4.69) is 127 Å². The Morgan fingerprint density at radius 1 is 0.500 bits per heavy atom. The van der Waals surface area contributed by atoms with Crippen LogP contribution in [0.4, 0.5) is 11.4 Å². The molecule has 1 heterocycles.